The summed E-state index contributed by atoms with van der Waals surface area (Å²) in [5, 5.41) is 9.61. The summed E-state index contributed by atoms with van der Waals surface area (Å²) in [5.74, 6) is -0.106. The van der Waals surface area contributed by atoms with Gasteiger partial charge in [-0.05, 0) is 0 Å². The van der Waals surface area contributed by atoms with Crippen molar-refractivity contribution in [1.29, 1.82) is 0 Å². The minimum atomic E-state index is -0.106. The highest BCUT2D eigenvalue weighted by molar-refractivity contribution is 5.92. The second-order valence-corrected chi connectivity index (χ2v) is 2.83. The molecule has 1 saturated heterocycles. The van der Waals surface area contributed by atoms with Crippen LogP contribution >= 0.6 is 0 Å². The number of nitrogens with zero attached hydrogens (tertiary/aromatic N) is 3. The van der Waals surface area contributed by atoms with Gasteiger partial charge in [-0.2, -0.15) is 15.4 Å². The monoisotopic (exact) mass is 167 g/mol. The van der Waals surface area contributed by atoms with E-state index in [1.165, 1.54) is 6.20 Å². The number of aromatic amines is 1. The fourth-order valence-electron chi connectivity index (χ4n) is 1.15. The van der Waals surface area contributed by atoms with Crippen LogP contribution in [0.25, 0.3) is 0 Å². The van der Waals surface area contributed by atoms with E-state index in [0.29, 0.717) is 18.8 Å². The molecule has 64 valence electrons. The zero-order valence-corrected chi connectivity index (χ0v) is 6.40. The van der Waals surface area contributed by atoms with Crippen LogP contribution in [-0.4, -0.2) is 45.3 Å². The Balaban J connectivity index is 2.03. The highest BCUT2D eigenvalue weighted by atomic mass is 16.2. The first kappa shape index (κ1) is 7.23. The molecule has 1 aromatic heterocycles. The summed E-state index contributed by atoms with van der Waals surface area (Å²) in [6, 6.07) is 0.126. The standard InChI is InChI=1S/C6H9N5O/c7-4-2-11(3-4)6(12)5-1-8-10-9-5/h1,4H,2-3,7H2,(H,8,9,10). The summed E-state index contributed by atoms with van der Waals surface area (Å²) in [5.41, 5.74) is 5.87. The van der Waals surface area contributed by atoms with Gasteiger partial charge in [-0.15, -0.1) is 0 Å². The fourth-order valence-corrected chi connectivity index (χ4v) is 1.15. The van der Waals surface area contributed by atoms with Crippen molar-refractivity contribution in [3.8, 4) is 0 Å². The number of nitrogens with one attached hydrogen (secondary N) is 1. The van der Waals surface area contributed by atoms with E-state index in [4.69, 9.17) is 5.73 Å². The van der Waals surface area contributed by atoms with Gasteiger partial charge in [-0.1, -0.05) is 0 Å². The molecule has 0 aliphatic carbocycles. The van der Waals surface area contributed by atoms with Crippen molar-refractivity contribution in [2.24, 2.45) is 5.73 Å². The first-order valence-electron chi connectivity index (χ1n) is 3.68. The average molecular weight is 167 g/mol. The lowest BCUT2D eigenvalue weighted by Gasteiger charge is -2.36. The largest absolute Gasteiger partial charge is 0.334 e. The van der Waals surface area contributed by atoms with Gasteiger partial charge in [0.15, 0.2) is 5.69 Å². The van der Waals surface area contributed by atoms with E-state index in [9.17, 15) is 4.79 Å². The Morgan fingerprint density at radius 3 is 3.00 bits per heavy atom. The zero-order valence-electron chi connectivity index (χ0n) is 6.40. The van der Waals surface area contributed by atoms with Crippen molar-refractivity contribution in [3.63, 3.8) is 0 Å². The normalized spacial score (nSPS) is 17.6. The van der Waals surface area contributed by atoms with E-state index in [1.807, 2.05) is 0 Å². The topological polar surface area (TPSA) is 87.9 Å². The minimum Gasteiger partial charge on any atom is -0.334 e. The lowest BCUT2D eigenvalue weighted by Crippen LogP contribution is -2.57. The summed E-state index contributed by atoms with van der Waals surface area (Å²) in [6.45, 7) is 1.23. The molecular weight excluding hydrogens is 158 g/mol. The Morgan fingerprint density at radius 2 is 2.50 bits per heavy atom. The molecule has 3 N–H and O–H groups in total. The second-order valence-electron chi connectivity index (χ2n) is 2.83. The maximum atomic E-state index is 11.4. The third kappa shape index (κ3) is 1.06. The van der Waals surface area contributed by atoms with Crippen LogP contribution in [0.3, 0.4) is 0 Å². The van der Waals surface area contributed by atoms with Crippen molar-refractivity contribution >= 4 is 5.91 Å². The van der Waals surface area contributed by atoms with E-state index in [2.05, 4.69) is 15.4 Å². The Kier molecular flexibility index (Phi) is 1.54. The number of nitrogens with two attached hydrogens (primary N) is 1. The Hall–Kier alpha value is -1.43. The first-order valence-corrected chi connectivity index (χ1v) is 3.68. The van der Waals surface area contributed by atoms with Gasteiger partial charge in [0.1, 0.15) is 0 Å². The van der Waals surface area contributed by atoms with Gasteiger partial charge in [0, 0.05) is 19.1 Å². The van der Waals surface area contributed by atoms with Gasteiger partial charge in [0.25, 0.3) is 5.91 Å². The lowest BCUT2D eigenvalue weighted by atomic mass is 10.1. The van der Waals surface area contributed by atoms with Crippen molar-refractivity contribution in [1.82, 2.24) is 20.3 Å². The smallest absolute Gasteiger partial charge is 0.276 e. The molecule has 6 nitrogen and oxygen atoms in total. The molecule has 2 heterocycles. The highest BCUT2D eigenvalue weighted by Gasteiger charge is 2.29. The molecule has 0 aromatic carbocycles. The predicted molar refractivity (Wildman–Crippen MR) is 40.3 cm³/mol. The van der Waals surface area contributed by atoms with Gasteiger partial charge in [-0.3, -0.25) is 4.79 Å². The van der Waals surface area contributed by atoms with Gasteiger partial charge >= 0.3 is 0 Å². The van der Waals surface area contributed by atoms with E-state index < -0.39 is 0 Å². The summed E-state index contributed by atoms with van der Waals surface area (Å²) in [7, 11) is 0. The zero-order chi connectivity index (χ0) is 8.55. The number of likely N-dealkylation sites (tertiary alicyclic amines) is 1. The van der Waals surface area contributed by atoms with Gasteiger partial charge < -0.3 is 10.6 Å². The quantitative estimate of drug-likeness (QED) is 0.537. The Labute approximate surface area is 68.7 Å². The number of amides is 1. The molecule has 0 bridgehead atoms. The van der Waals surface area contributed by atoms with E-state index in [1.54, 1.807) is 4.90 Å². The molecular formula is C6H9N5O. The number of H-pyrrole nitrogens is 1. The number of rotatable bonds is 1. The molecule has 1 amide bonds. The van der Waals surface area contributed by atoms with Crippen LogP contribution < -0.4 is 5.73 Å². The molecule has 1 aliphatic heterocycles. The average Bonchev–Trinajstić information content (AvgIpc) is 2.49. The maximum absolute atomic E-state index is 11.4. The van der Waals surface area contributed by atoms with Crippen LogP contribution in [-0.2, 0) is 0 Å². The number of hydrogen-bond donors (Lipinski definition) is 2. The number of hydrogen-bond acceptors (Lipinski definition) is 4. The van der Waals surface area contributed by atoms with Crippen LogP contribution in [0.15, 0.2) is 6.20 Å². The summed E-state index contributed by atoms with van der Waals surface area (Å²) in [4.78, 5) is 13.0. The fraction of sp³-hybridized carbons (Fsp3) is 0.500. The molecule has 0 saturated carbocycles. The molecule has 1 fully saturated rings. The van der Waals surface area contributed by atoms with Crippen LogP contribution in [0.1, 0.15) is 10.5 Å². The third-order valence-corrected chi connectivity index (χ3v) is 1.83. The first-order chi connectivity index (χ1) is 5.77. The van der Waals surface area contributed by atoms with E-state index in [0.717, 1.165) is 0 Å². The molecule has 0 radical (unpaired) electrons. The number of carbonyl (C=O) groups is 1. The molecule has 0 unspecified atom stereocenters. The predicted octanol–water partition coefficient (Wildman–Crippen LogP) is -1.41. The lowest BCUT2D eigenvalue weighted by molar-refractivity contribution is 0.0602. The molecule has 12 heavy (non-hydrogen) atoms. The summed E-state index contributed by atoms with van der Waals surface area (Å²) in [6.07, 6.45) is 1.41. The molecule has 2 rings (SSSR count). The number of aromatic nitrogens is 3. The van der Waals surface area contributed by atoms with E-state index in [-0.39, 0.29) is 11.9 Å². The van der Waals surface area contributed by atoms with Gasteiger partial charge in [-0.25, -0.2) is 0 Å². The molecule has 0 spiro atoms. The minimum absolute atomic E-state index is 0.106. The van der Waals surface area contributed by atoms with Crippen molar-refractivity contribution < 1.29 is 4.79 Å². The van der Waals surface area contributed by atoms with Gasteiger partial charge in [0.2, 0.25) is 0 Å². The highest BCUT2D eigenvalue weighted by Crippen LogP contribution is 2.08. The number of carbonyl (C=O) groups excluding carboxylic acids is 1. The Morgan fingerprint density at radius 1 is 1.75 bits per heavy atom. The summed E-state index contributed by atoms with van der Waals surface area (Å²) < 4.78 is 0. The van der Waals surface area contributed by atoms with Crippen LogP contribution in [0, 0.1) is 0 Å². The van der Waals surface area contributed by atoms with Gasteiger partial charge in [0.05, 0.1) is 6.20 Å². The molecule has 0 atom stereocenters. The molecule has 1 aliphatic rings. The maximum Gasteiger partial charge on any atom is 0.276 e. The molecule has 6 heteroatoms. The van der Waals surface area contributed by atoms with E-state index >= 15 is 0 Å². The summed E-state index contributed by atoms with van der Waals surface area (Å²) >= 11 is 0. The van der Waals surface area contributed by atoms with Crippen LogP contribution in [0.2, 0.25) is 0 Å². The van der Waals surface area contributed by atoms with Crippen molar-refractivity contribution in [2.45, 2.75) is 6.04 Å². The van der Waals surface area contributed by atoms with Crippen LogP contribution in [0.5, 0.6) is 0 Å². The van der Waals surface area contributed by atoms with Crippen LogP contribution in [0.4, 0.5) is 0 Å². The second kappa shape index (κ2) is 2.56. The SMILES string of the molecule is NC1CN(C(=O)c2cn[nH]n2)C1. The Bertz CT molecular complexity index is 276. The third-order valence-electron chi connectivity index (χ3n) is 1.83. The van der Waals surface area contributed by atoms with Crippen molar-refractivity contribution in [3.05, 3.63) is 11.9 Å². The molecule has 1 aromatic rings. The van der Waals surface area contributed by atoms with Crippen molar-refractivity contribution in [2.75, 3.05) is 13.1 Å².